The fourth-order valence-corrected chi connectivity index (χ4v) is 4.49. The van der Waals surface area contributed by atoms with Crippen LogP contribution in [0.15, 0.2) is 66.7 Å². The molecular weight excluding hydrogens is 416 g/mol. The number of hydrogen-bond donors (Lipinski definition) is 1. The van der Waals surface area contributed by atoms with E-state index in [4.69, 9.17) is 14.2 Å². The number of nitrogens with one attached hydrogen (secondary N) is 1. The number of ether oxygens (including phenoxy) is 3. The number of H-pyrrole nitrogens is 1. The van der Waals surface area contributed by atoms with Crippen LogP contribution in [-0.2, 0) is 6.42 Å². The van der Waals surface area contributed by atoms with Gasteiger partial charge in [0.15, 0.2) is 0 Å². The molecule has 33 heavy (non-hydrogen) atoms. The van der Waals surface area contributed by atoms with E-state index >= 15 is 0 Å². The van der Waals surface area contributed by atoms with Crippen molar-refractivity contribution in [2.24, 2.45) is 0 Å². The molecule has 0 spiro atoms. The minimum Gasteiger partial charge on any atom is -0.497 e. The molecule has 1 aliphatic rings. The van der Waals surface area contributed by atoms with Crippen molar-refractivity contribution >= 4 is 17.0 Å². The number of methoxy groups -OCH3 is 2. The Hall–Kier alpha value is -3.93. The van der Waals surface area contributed by atoms with Crippen molar-refractivity contribution in [3.8, 4) is 17.2 Å². The Morgan fingerprint density at radius 2 is 1.58 bits per heavy atom. The van der Waals surface area contributed by atoms with Gasteiger partial charge in [-0.2, -0.15) is 0 Å². The Labute approximate surface area is 192 Å². The molecule has 0 aliphatic carbocycles. The third kappa shape index (κ3) is 3.89. The van der Waals surface area contributed by atoms with E-state index in [1.54, 1.807) is 19.1 Å². The van der Waals surface area contributed by atoms with Crippen LogP contribution in [0.3, 0.4) is 0 Å². The fraction of sp³-hybridized carbons (Fsp3) is 0.222. The summed E-state index contributed by atoms with van der Waals surface area (Å²) in [6.07, 6.45) is 0.347. The van der Waals surface area contributed by atoms with Crippen molar-refractivity contribution in [1.82, 2.24) is 9.88 Å². The molecule has 6 nitrogen and oxygen atoms in total. The Morgan fingerprint density at radius 3 is 2.27 bits per heavy atom. The lowest BCUT2D eigenvalue weighted by Gasteiger charge is -2.35. The van der Waals surface area contributed by atoms with Crippen LogP contribution in [0.25, 0.3) is 10.9 Å². The van der Waals surface area contributed by atoms with Gasteiger partial charge < -0.3 is 19.2 Å². The quantitative estimate of drug-likeness (QED) is 0.444. The molecule has 5 rings (SSSR count). The van der Waals surface area contributed by atoms with Crippen molar-refractivity contribution in [3.05, 3.63) is 89.1 Å². The molecule has 6 heteroatoms. The number of nitrogens with zero attached hydrogens (tertiary/aromatic N) is 1. The Bertz CT molecular complexity index is 1290. The number of aryl methyl sites for hydroxylation is 1. The molecule has 1 aromatic heterocycles. The molecule has 168 valence electrons. The highest BCUT2D eigenvalue weighted by Crippen LogP contribution is 2.40. The van der Waals surface area contributed by atoms with Gasteiger partial charge in [0.05, 0.1) is 14.2 Å². The van der Waals surface area contributed by atoms with Crippen molar-refractivity contribution in [2.75, 3.05) is 20.8 Å². The number of fused-ring (bicyclic) bond motifs is 3. The lowest BCUT2D eigenvalue weighted by molar-refractivity contribution is 0.135. The second-order valence-corrected chi connectivity index (χ2v) is 8.23. The summed E-state index contributed by atoms with van der Waals surface area (Å²) in [7, 11) is 3.31. The monoisotopic (exact) mass is 442 g/mol. The van der Waals surface area contributed by atoms with E-state index in [1.807, 2.05) is 67.6 Å². The van der Waals surface area contributed by atoms with Crippen LogP contribution in [0.1, 0.15) is 28.4 Å². The first kappa shape index (κ1) is 20.9. The topological polar surface area (TPSA) is 63.8 Å². The van der Waals surface area contributed by atoms with Crippen LogP contribution in [0, 0.1) is 6.92 Å². The number of amides is 1. The number of aromatic amines is 1. The average molecular weight is 443 g/mol. The van der Waals surface area contributed by atoms with Crippen molar-refractivity contribution in [2.45, 2.75) is 19.4 Å². The van der Waals surface area contributed by atoms with Crippen molar-refractivity contribution in [1.29, 1.82) is 0 Å². The van der Waals surface area contributed by atoms with E-state index in [-0.39, 0.29) is 12.1 Å². The van der Waals surface area contributed by atoms with Crippen molar-refractivity contribution < 1.29 is 19.0 Å². The molecular formula is C27H26N2O4. The van der Waals surface area contributed by atoms with Crippen LogP contribution in [0.2, 0.25) is 0 Å². The first-order valence-electron chi connectivity index (χ1n) is 10.9. The van der Waals surface area contributed by atoms with Gasteiger partial charge in [0.1, 0.15) is 23.3 Å². The summed E-state index contributed by atoms with van der Waals surface area (Å²) in [6, 6.07) is 21.0. The molecule has 1 unspecified atom stereocenters. The van der Waals surface area contributed by atoms with Gasteiger partial charge in [-0.25, -0.2) is 4.79 Å². The predicted octanol–water partition coefficient (Wildman–Crippen LogP) is 5.64. The Balaban J connectivity index is 1.57. The standard InChI is InChI=1S/C27H26N2O4/c1-17-4-8-20(9-5-17)33-27(30)29-15-14-22-23-16-21(32-3)12-13-24(23)28-25(22)26(29)18-6-10-19(31-2)11-7-18/h4-13,16,26,28H,14-15H2,1-3H3. The lowest BCUT2D eigenvalue weighted by atomic mass is 9.92. The SMILES string of the molecule is COc1ccc(C2c3[nH]c4ccc(OC)cc4c3CCN2C(=O)Oc2ccc(C)cc2)cc1. The smallest absolute Gasteiger partial charge is 0.416 e. The molecule has 4 aromatic rings. The zero-order valence-corrected chi connectivity index (χ0v) is 18.9. The highest BCUT2D eigenvalue weighted by molar-refractivity contribution is 5.87. The zero-order chi connectivity index (χ0) is 22.9. The normalized spacial score (nSPS) is 15.2. The van der Waals surface area contributed by atoms with E-state index in [1.165, 1.54) is 5.56 Å². The van der Waals surface area contributed by atoms with Gasteiger partial charge in [-0.15, -0.1) is 0 Å². The molecule has 0 saturated heterocycles. The third-order valence-corrected chi connectivity index (χ3v) is 6.23. The van der Waals surface area contributed by atoms with Crippen LogP contribution in [0.4, 0.5) is 4.79 Å². The number of hydrogen-bond acceptors (Lipinski definition) is 4. The molecule has 1 aliphatic heterocycles. The molecule has 0 radical (unpaired) electrons. The molecule has 1 amide bonds. The van der Waals surface area contributed by atoms with Gasteiger partial charge in [-0.1, -0.05) is 29.8 Å². The van der Waals surface area contributed by atoms with Gasteiger partial charge in [0.25, 0.3) is 0 Å². The molecule has 2 heterocycles. The molecule has 1 N–H and O–H groups in total. The van der Waals surface area contributed by atoms with Crippen molar-refractivity contribution in [3.63, 3.8) is 0 Å². The summed E-state index contributed by atoms with van der Waals surface area (Å²) in [6.45, 7) is 2.54. The number of benzene rings is 3. The third-order valence-electron chi connectivity index (χ3n) is 6.23. The maximum Gasteiger partial charge on any atom is 0.416 e. The number of rotatable bonds is 4. The first-order chi connectivity index (χ1) is 16.1. The molecule has 0 saturated carbocycles. The zero-order valence-electron chi connectivity index (χ0n) is 18.9. The summed E-state index contributed by atoms with van der Waals surface area (Å²) in [4.78, 5) is 18.7. The largest absolute Gasteiger partial charge is 0.497 e. The highest BCUT2D eigenvalue weighted by atomic mass is 16.6. The lowest BCUT2D eigenvalue weighted by Crippen LogP contribution is -2.42. The van der Waals surface area contributed by atoms with Crippen LogP contribution >= 0.6 is 0 Å². The molecule has 0 bridgehead atoms. The average Bonchev–Trinajstić information content (AvgIpc) is 3.22. The molecule has 3 aromatic carbocycles. The number of carbonyl (C=O) groups is 1. The van der Waals surface area contributed by atoms with Crippen LogP contribution in [-0.4, -0.2) is 36.7 Å². The maximum absolute atomic E-state index is 13.3. The number of carbonyl (C=O) groups excluding carboxylic acids is 1. The maximum atomic E-state index is 13.3. The summed E-state index contributed by atoms with van der Waals surface area (Å²) in [5, 5.41) is 1.12. The molecule has 0 fully saturated rings. The minimum atomic E-state index is -0.374. The Morgan fingerprint density at radius 1 is 0.909 bits per heavy atom. The minimum absolute atomic E-state index is 0.309. The Kier molecular flexibility index (Phi) is 5.42. The van der Waals surface area contributed by atoms with E-state index < -0.39 is 0 Å². The van der Waals surface area contributed by atoms with Crippen LogP contribution in [0.5, 0.6) is 17.2 Å². The molecule has 1 atom stereocenters. The summed E-state index contributed by atoms with van der Waals surface area (Å²) in [5.41, 5.74) is 5.31. The summed E-state index contributed by atoms with van der Waals surface area (Å²) < 4.78 is 16.5. The first-order valence-corrected chi connectivity index (χ1v) is 10.9. The van der Waals surface area contributed by atoms with E-state index in [9.17, 15) is 4.79 Å². The van der Waals surface area contributed by atoms with E-state index in [2.05, 4.69) is 11.1 Å². The van der Waals surface area contributed by atoms with Gasteiger partial charge in [0, 0.05) is 23.1 Å². The highest BCUT2D eigenvalue weighted by Gasteiger charge is 2.35. The summed E-state index contributed by atoms with van der Waals surface area (Å²) in [5.74, 6) is 2.11. The second kappa shape index (κ2) is 8.54. The van der Waals surface area contributed by atoms with Gasteiger partial charge in [0.2, 0.25) is 0 Å². The van der Waals surface area contributed by atoms with Crippen LogP contribution < -0.4 is 14.2 Å². The van der Waals surface area contributed by atoms with Gasteiger partial charge in [-0.05, 0) is 66.9 Å². The van der Waals surface area contributed by atoms with E-state index in [0.717, 1.165) is 45.6 Å². The van der Waals surface area contributed by atoms with Gasteiger partial charge >= 0.3 is 6.09 Å². The summed E-state index contributed by atoms with van der Waals surface area (Å²) >= 11 is 0. The second-order valence-electron chi connectivity index (χ2n) is 8.23. The van der Waals surface area contributed by atoms with E-state index in [0.29, 0.717) is 12.3 Å². The van der Waals surface area contributed by atoms with Gasteiger partial charge in [-0.3, -0.25) is 4.90 Å². The number of aromatic nitrogens is 1. The fourth-order valence-electron chi connectivity index (χ4n) is 4.49. The predicted molar refractivity (Wildman–Crippen MR) is 127 cm³/mol.